The fraction of sp³-hybridized carbons (Fsp3) is 0.923. The molecule has 2 saturated heterocycles. The first-order valence-corrected chi connectivity index (χ1v) is 6.82. The highest BCUT2D eigenvalue weighted by molar-refractivity contribution is 5.78. The highest BCUT2D eigenvalue weighted by atomic mass is 16.2. The molecule has 2 N–H and O–H groups in total. The Morgan fingerprint density at radius 3 is 2.65 bits per heavy atom. The molecule has 2 aliphatic heterocycles. The third kappa shape index (κ3) is 2.99. The molecule has 0 aromatic carbocycles. The Labute approximate surface area is 104 Å². The molecule has 2 aliphatic rings. The van der Waals surface area contributed by atoms with E-state index in [1.165, 1.54) is 13.0 Å². The van der Waals surface area contributed by atoms with E-state index in [1.54, 1.807) is 0 Å². The van der Waals surface area contributed by atoms with Gasteiger partial charge in [0.05, 0.1) is 0 Å². The third-order valence-corrected chi connectivity index (χ3v) is 4.15. The largest absolute Gasteiger partial charge is 0.342 e. The summed E-state index contributed by atoms with van der Waals surface area (Å²) in [5, 5.41) is 0. The van der Waals surface area contributed by atoms with E-state index >= 15 is 0 Å². The fourth-order valence-corrected chi connectivity index (χ4v) is 2.98. The van der Waals surface area contributed by atoms with Gasteiger partial charge in [0.25, 0.3) is 0 Å². The molecule has 2 atom stereocenters. The van der Waals surface area contributed by atoms with Gasteiger partial charge in [-0.1, -0.05) is 0 Å². The van der Waals surface area contributed by atoms with Crippen LogP contribution in [0.3, 0.4) is 0 Å². The quantitative estimate of drug-likeness (QED) is 0.778. The van der Waals surface area contributed by atoms with Gasteiger partial charge in [-0.2, -0.15) is 0 Å². The number of nitrogens with two attached hydrogens (primary N) is 1. The van der Waals surface area contributed by atoms with Crippen molar-refractivity contribution in [3.8, 4) is 0 Å². The fourth-order valence-electron chi connectivity index (χ4n) is 2.98. The number of rotatable bonds is 4. The van der Waals surface area contributed by atoms with Crippen LogP contribution in [-0.4, -0.2) is 54.5 Å². The lowest BCUT2D eigenvalue weighted by Gasteiger charge is -2.23. The zero-order chi connectivity index (χ0) is 12.4. The summed E-state index contributed by atoms with van der Waals surface area (Å²) in [4.78, 5) is 16.3. The molecule has 0 aliphatic carbocycles. The van der Waals surface area contributed by atoms with Crippen molar-refractivity contribution in [2.45, 2.75) is 32.7 Å². The summed E-state index contributed by atoms with van der Waals surface area (Å²) in [5.41, 5.74) is 5.64. The van der Waals surface area contributed by atoms with Crippen LogP contribution in [0.1, 0.15) is 26.7 Å². The number of carbonyl (C=O) groups excluding carboxylic acids is 1. The monoisotopic (exact) mass is 239 g/mol. The Kier molecular flexibility index (Phi) is 4.05. The predicted octanol–water partition coefficient (Wildman–Crippen LogP) is 0.524. The van der Waals surface area contributed by atoms with Crippen molar-refractivity contribution in [2.24, 2.45) is 17.6 Å². The SMILES string of the molecule is CC(C)N1CCC(CN2CC(CN)CC2=O)C1. The number of hydrogen-bond acceptors (Lipinski definition) is 3. The molecule has 0 bridgehead atoms. The predicted molar refractivity (Wildman–Crippen MR) is 68.6 cm³/mol. The molecule has 2 rings (SSSR count). The molecule has 2 fully saturated rings. The average molecular weight is 239 g/mol. The number of likely N-dealkylation sites (tertiary alicyclic amines) is 2. The van der Waals surface area contributed by atoms with Gasteiger partial charge in [-0.25, -0.2) is 0 Å². The summed E-state index contributed by atoms with van der Waals surface area (Å²) in [6.45, 7) is 9.29. The molecule has 0 aromatic rings. The Morgan fingerprint density at radius 1 is 1.35 bits per heavy atom. The van der Waals surface area contributed by atoms with Crippen LogP contribution in [0, 0.1) is 11.8 Å². The van der Waals surface area contributed by atoms with Gasteiger partial charge in [-0.05, 0) is 45.2 Å². The van der Waals surface area contributed by atoms with Gasteiger partial charge in [0, 0.05) is 32.1 Å². The van der Waals surface area contributed by atoms with Crippen LogP contribution in [-0.2, 0) is 4.79 Å². The maximum atomic E-state index is 11.8. The standard InChI is InChI=1S/C13H25N3O/c1-10(2)15-4-3-11(7-15)8-16-9-12(6-14)5-13(16)17/h10-12H,3-9,14H2,1-2H3. The second-order valence-electron chi connectivity index (χ2n) is 5.85. The minimum absolute atomic E-state index is 0.309. The minimum Gasteiger partial charge on any atom is -0.342 e. The molecule has 17 heavy (non-hydrogen) atoms. The summed E-state index contributed by atoms with van der Waals surface area (Å²) < 4.78 is 0. The number of hydrogen-bond donors (Lipinski definition) is 1. The molecule has 0 spiro atoms. The van der Waals surface area contributed by atoms with Gasteiger partial charge in [0.2, 0.25) is 5.91 Å². The highest BCUT2D eigenvalue weighted by Crippen LogP contribution is 2.23. The van der Waals surface area contributed by atoms with E-state index in [-0.39, 0.29) is 0 Å². The van der Waals surface area contributed by atoms with Crippen molar-refractivity contribution in [3.63, 3.8) is 0 Å². The molecule has 0 aromatic heterocycles. The van der Waals surface area contributed by atoms with Crippen molar-refractivity contribution in [3.05, 3.63) is 0 Å². The Morgan fingerprint density at radius 2 is 2.12 bits per heavy atom. The van der Waals surface area contributed by atoms with Crippen LogP contribution >= 0.6 is 0 Å². The summed E-state index contributed by atoms with van der Waals surface area (Å²) in [6.07, 6.45) is 1.90. The van der Waals surface area contributed by atoms with E-state index in [1.807, 2.05) is 4.90 Å². The van der Waals surface area contributed by atoms with Crippen molar-refractivity contribution in [2.75, 3.05) is 32.7 Å². The van der Waals surface area contributed by atoms with Crippen molar-refractivity contribution in [1.82, 2.24) is 9.80 Å². The lowest BCUT2D eigenvalue weighted by atomic mass is 10.1. The maximum absolute atomic E-state index is 11.8. The second-order valence-corrected chi connectivity index (χ2v) is 5.85. The van der Waals surface area contributed by atoms with Crippen molar-refractivity contribution >= 4 is 5.91 Å². The van der Waals surface area contributed by atoms with Crippen LogP contribution in [0.5, 0.6) is 0 Å². The van der Waals surface area contributed by atoms with Crippen molar-refractivity contribution < 1.29 is 4.79 Å². The lowest BCUT2D eigenvalue weighted by Crippen LogP contribution is -2.34. The molecule has 98 valence electrons. The van der Waals surface area contributed by atoms with Crippen LogP contribution in [0.2, 0.25) is 0 Å². The number of nitrogens with zero attached hydrogens (tertiary/aromatic N) is 2. The molecule has 2 heterocycles. The van der Waals surface area contributed by atoms with E-state index in [9.17, 15) is 4.79 Å². The number of amides is 1. The summed E-state index contributed by atoms with van der Waals surface area (Å²) in [6, 6.07) is 0.631. The van der Waals surface area contributed by atoms with E-state index in [0.717, 1.165) is 19.6 Å². The van der Waals surface area contributed by atoms with E-state index in [0.29, 0.717) is 36.8 Å². The minimum atomic E-state index is 0.309. The van der Waals surface area contributed by atoms with E-state index < -0.39 is 0 Å². The van der Waals surface area contributed by atoms with Crippen LogP contribution < -0.4 is 5.73 Å². The molecular weight excluding hydrogens is 214 g/mol. The first-order chi connectivity index (χ1) is 8.10. The maximum Gasteiger partial charge on any atom is 0.222 e. The molecule has 4 nitrogen and oxygen atoms in total. The molecule has 0 radical (unpaired) electrons. The number of carbonyl (C=O) groups is 1. The Hall–Kier alpha value is -0.610. The highest BCUT2D eigenvalue weighted by Gasteiger charge is 2.32. The van der Waals surface area contributed by atoms with Crippen LogP contribution in [0.15, 0.2) is 0 Å². The second kappa shape index (κ2) is 5.36. The molecule has 2 unspecified atom stereocenters. The van der Waals surface area contributed by atoms with E-state index in [4.69, 9.17) is 5.73 Å². The third-order valence-electron chi connectivity index (χ3n) is 4.15. The smallest absolute Gasteiger partial charge is 0.222 e. The molecule has 4 heteroatoms. The zero-order valence-electron chi connectivity index (χ0n) is 11.1. The Bertz CT molecular complexity index is 280. The molecule has 0 saturated carbocycles. The first-order valence-electron chi connectivity index (χ1n) is 6.82. The first kappa shape index (κ1) is 12.8. The normalized spacial score (nSPS) is 30.8. The zero-order valence-corrected chi connectivity index (χ0v) is 11.1. The van der Waals surface area contributed by atoms with E-state index in [2.05, 4.69) is 18.7 Å². The van der Waals surface area contributed by atoms with Gasteiger partial charge in [-0.3, -0.25) is 4.79 Å². The van der Waals surface area contributed by atoms with Crippen LogP contribution in [0.4, 0.5) is 0 Å². The van der Waals surface area contributed by atoms with Crippen LogP contribution in [0.25, 0.3) is 0 Å². The van der Waals surface area contributed by atoms with Crippen molar-refractivity contribution in [1.29, 1.82) is 0 Å². The average Bonchev–Trinajstić information content (AvgIpc) is 2.87. The topological polar surface area (TPSA) is 49.6 Å². The molecular formula is C13H25N3O. The van der Waals surface area contributed by atoms with Gasteiger partial charge in [-0.15, -0.1) is 0 Å². The van der Waals surface area contributed by atoms with Gasteiger partial charge in [0.15, 0.2) is 0 Å². The summed E-state index contributed by atoms with van der Waals surface area (Å²) >= 11 is 0. The summed E-state index contributed by atoms with van der Waals surface area (Å²) in [7, 11) is 0. The van der Waals surface area contributed by atoms with Gasteiger partial charge in [0.1, 0.15) is 0 Å². The molecule has 1 amide bonds. The lowest BCUT2D eigenvalue weighted by molar-refractivity contribution is -0.128. The summed E-state index contributed by atoms with van der Waals surface area (Å²) in [5.74, 6) is 1.37. The van der Waals surface area contributed by atoms with Gasteiger partial charge >= 0.3 is 0 Å². The van der Waals surface area contributed by atoms with Gasteiger partial charge < -0.3 is 15.5 Å². The Balaban J connectivity index is 1.80.